The molecule has 0 spiro atoms. The van der Waals surface area contributed by atoms with Crippen LogP contribution in [0.25, 0.3) is 0 Å². The summed E-state index contributed by atoms with van der Waals surface area (Å²) < 4.78 is 0. The van der Waals surface area contributed by atoms with Crippen molar-refractivity contribution >= 4 is 29.7 Å². The Labute approximate surface area is 155 Å². The van der Waals surface area contributed by atoms with Crippen LogP contribution < -0.4 is 21.7 Å². The molecule has 0 aliphatic heterocycles. The Bertz CT molecular complexity index is 566. The summed E-state index contributed by atoms with van der Waals surface area (Å²) in [5.41, 5.74) is 5.61. The van der Waals surface area contributed by atoms with Gasteiger partial charge in [0.1, 0.15) is 12.1 Å². The highest BCUT2D eigenvalue weighted by atomic mass is 16.4. The molecular weight excluding hydrogens is 364 g/mol. The van der Waals surface area contributed by atoms with Crippen LogP contribution in [0, 0.1) is 5.92 Å². The normalized spacial score (nSPS) is 14.0. The summed E-state index contributed by atoms with van der Waals surface area (Å²) in [4.78, 5) is 57.0. The summed E-state index contributed by atoms with van der Waals surface area (Å²) in [7, 11) is 0. The molecule has 0 unspecified atom stereocenters. The van der Waals surface area contributed by atoms with Crippen molar-refractivity contribution in [3.05, 3.63) is 0 Å². The van der Waals surface area contributed by atoms with E-state index in [4.69, 9.17) is 15.9 Å². The fraction of sp³-hybridized carbons (Fsp3) is 0.667. The molecule has 0 heterocycles. The van der Waals surface area contributed by atoms with Crippen LogP contribution >= 0.6 is 0 Å². The Morgan fingerprint density at radius 3 is 2.00 bits per heavy atom. The minimum atomic E-state index is -1.50. The first-order valence-electron chi connectivity index (χ1n) is 8.18. The van der Waals surface area contributed by atoms with Crippen LogP contribution in [0.15, 0.2) is 0 Å². The highest BCUT2D eigenvalue weighted by Crippen LogP contribution is 2.00. The van der Waals surface area contributed by atoms with Gasteiger partial charge in [0.15, 0.2) is 0 Å². The van der Waals surface area contributed by atoms with Crippen LogP contribution in [0.4, 0.5) is 0 Å². The second kappa shape index (κ2) is 11.8. The summed E-state index contributed by atoms with van der Waals surface area (Å²) in [5.74, 6) is -5.22. The molecule has 0 fully saturated rings. The second-order valence-corrected chi connectivity index (χ2v) is 6.12. The van der Waals surface area contributed by atoms with E-state index in [0.29, 0.717) is 0 Å². The molecule has 27 heavy (non-hydrogen) atoms. The van der Waals surface area contributed by atoms with E-state index in [9.17, 15) is 29.1 Å². The average molecular weight is 390 g/mol. The minimum Gasteiger partial charge on any atom is -0.481 e. The van der Waals surface area contributed by atoms with Gasteiger partial charge in [-0.25, -0.2) is 4.79 Å². The molecule has 0 saturated heterocycles. The van der Waals surface area contributed by atoms with E-state index < -0.39 is 67.4 Å². The van der Waals surface area contributed by atoms with E-state index in [1.807, 2.05) is 5.32 Å². The number of nitrogens with two attached hydrogens (primary N) is 1. The van der Waals surface area contributed by atoms with Crippen molar-refractivity contribution in [1.29, 1.82) is 0 Å². The average Bonchev–Trinajstić information content (AvgIpc) is 2.59. The number of carbonyl (C=O) groups is 5. The van der Waals surface area contributed by atoms with Crippen LogP contribution in [-0.4, -0.2) is 76.3 Å². The summed E-state index contributed by atoms with van der Waals surface area (Å²) in [6.45, 7) is 2.12. The van der Waals surface area contributed by atoms with Crippen LogP contribution in [0.2, 0.25) is 0 Å². The Morgan fingerprint density at radius 1 is 0.963 bits per heavy atom. The third-order valence-electron chi connectivity index (χ3n) is 3.54. The zero-order valence-corrected chi connectivity index (χ0v) is 15.1. The SMILES string of the molecule is CC(C)[C@H](N)C(=O)NCC(=O)N[C@H](CO)C(=O)N[C@H](CCC(=O)O)C(=O)O. The van der Waals surface area contributed by atoms with Gasteiger partial charge in [0.2, 0.25) is 17.7 Å². The topological polar surface area (TPSA) is 208 Å². The second-order valence-electron chi connectivity index (χ2n) is 6.12. The monoisotopic (exact) mass is 390 g/mol. The number of rotatable bonds is 12. The van der Waals surface area contributed by atoms with E-state index in [1.54, 1.807) is 13.8 Å². The quantitative estimate of drug-likeness (QED) is 0.181. The number of carboxylic acid groups (broad SMARTS) is 2. The van der Waals surface area contributed by atoms with Crippen molar-refractivity contribution < 1.29 is 39.3 Å². The lowest BCUT2D eigenvalue weighted by atomic mass is 10.1. The molecule has 0 radical (unpaired) electrons. The number of hydrogen-bond donors (Lipinski definition) is 7. The predicted molar refractivity (Wildman–Crippen MR) is 91.3 cm³/mol. The molecule has 3 amide bonds. The van der Waals surface area contributed by atoms with E-state index in [1.165, 1.54) is 0 Å². The van der Waals surface area contributed by atoms with Gasteiger partial charge in [-0.3, -0.25) is 19.2 Å². The molecule has 0 rings (SSSR count). The zero-order chi connectivity index (χ0) is 21.1. The first-order chi connectivity index (χ1) is 12.5. The summed E-state index contributed by atoms with van der Waals surface area (Å²) in [5, 5.41) is 33.3. The molecule has 8 N–H and O–H groups in total. The lowest BCUT2D eigenvalue weighted by molar-refractivity contribution is -0.143. The number of carbonyl (C=O) groups excluding carboxylic acids is 3. The number of nitrogens with one attached hydrogen (secondary N) is 3. The number of amides is 3. The van der Waals surface area contributed by atoms with Gasteiger partial charge in [0.05, 0.1) is 19.2 Å². The van der Waals surface area contributed by atoms with Crippen molar-refractivity contribution in [3.63, 3.8) is 0 Å². The van der Waals surface area contributed by atoms with Crippen LogP contribution in [-0.2, 0) is 24.0 Å². The van der Waals surface area contributed by atoms with Gasteiger partial charge >= 0.3 is 11.9 Å². The van der Waals surface area contributed by atoms with E-state index in [2.05, 4.69) is 10.6 Å². The van der Waals surface area contributed by atoms with E-state index >= 15 is 0 Å². The van der Waals surface area contributed by atoms with Gasteiger partial charge < -0.3 is 37.0 Å². The highest BCUT2D eigenvalue weighted by molar-refractivity contribution is 5.92. The molecule has 0 aromatic rings. The Balaban J connectivity index is 4.65. The standard InChI is InChI=1S/C15H26N4O8/c1-7(2)12(16)14(25)17-5-10(21)18-9(6-20)13(24)19-8(15(26)27)3-4-11(22)23/h7-9,12,20H,3-6,16H2,1-2H3,(H,17,25)(H,18,21)(H,19,24)(H,22,23)(H,26,27)/t8-,9-,12+/m1/s1. The minimum absolute atomic E-state index is 0.150. The number of aliphatic hydroxyl groups is 1. The van der Waals surface area contributed by atoms with Gasteiger partial charge in [-0.1, -0.05) is 13.8 Å². The van der Waals surface area contributed by atoms with E-state index in [0.717, 1.165) is 0 Å². The highest BCUT2D eigenvalue weighted by Gasteiger charge is 2.27. The maximum absolute atomic E-state index is 12.0. The van der Waals surface area contributed by atoms with Crippen molar-refractivity contribution in [3.8, 4) is 0 Å². The molecule has 0 aromatic heterocycles. The van der Waals surface area contributed by atoms with Crippen molar-refractivity contribution in [2.75, 3.05) is 13.2 Å². The summed E-state index contributed by atoms with van der Waals surface area (Å²) in [6.07, 6.45) is -0.860. The van der Waals surface area contributed by atoms with Gasteiger partial charge in [-0.15, -0.1) is 0 Å². The predicted octanol–water partition coefficient (Wildman–Crippen LogP) is -3.00. The van der Waals surface area contributed by atoms with Gasteiger partial charge in [0.25, 0.3) is 0 Å². The Morgan fingerprint density at radius 2 is 1.56 bits per heavy atom. The Hall–Kier alpha value is -2.73. The van der Waals surface area contributed by atoms with Gasteiger partial charge in [-0.05, 0) is 12.3 Å². The fourth-order valence-electron chi connectivity index (χ4n) is 1.82. The summed E-state index contributed by atoms with van der Waals surface area (Å²) >= 11 is 0. The summed E-state index contributed by atoms with van der Waals surface area (Å²) in [6, 6.07) is -3.79. The molecular formula is C15H26N4O8. The smallest absolute Gasteiger partial charge is 0.326 e. The number of carboxylic acids is 2. The largest absolute Gasteiger partial charge is 0.481 e. The van der Waals surface area contributed by atoms with Gasteiger partial charge in [-0.2, -0.15) is 0 Å². The molecule has 0 saturated carbocycles. The molecule has 154 valence electrons. The maximum atomic E-state index is 12.0. The lowest BCUT2D eigenvalue weighted by Gasteiger charge is -2.20. The maximum Gasteiger partial charge on any atom is 0.326 e. The third-order valence-corrected chi connectivity index (χ3v) is 3.54. The molecule has 12 nitrogen and oxygen atoms in total. The van der Waals surface area contributed by atoms with Crippen molar-refractivity contribution in [2.45, 2.75) is 44.8 Å². The fourth-order valence-corrected chi connectivity index (χ4v) is 1.82. The number of hydrogen-bond acceptors (Lipinski definition) is 7. The van der Waals surface area contributed by atoms with Crippen LogP contribution in [0.1, 0.15) is 26.7 Å². The molecule has 0 aromatic carbocycles. The van der Waals surface area contributed by atoms with Gasteiger partial charge in [0, 0.05) is 6.42 Å². The molecule has 0 aliphatic carbocycles. The Kier molecular flexibility index (Phi) is 10.6. The lowest BCUT2D eigenvalue weighted by Crippen LogP contribution is -2.55. The first kappa shape index (κ1) is 24.3. The third kappa shape index (κ3) is 9.51. The zero-order valence-electron chi connectivity index (χ0n) is 15.1. The van der Waals surface area contributed by atoms with E-state index in [-0.39, 0.29) is 12.3 Å². The molecule has 12 heteroatoms. The number of aliphatic hydroxyl groups excluding tert-OH is 1. The van der Waals surface area contributed by atoms with Crippen LogP contribution in [0.3, 0.4) is 0 Å². The molecule has 3 atom stereocenters. The molecule has 0 bridgehead atoms. The number of aliphatic carboxylic acids is 2. The van der Waals surface area contributed by atoms with Crippen molar-refractivity contribution in [1.82, 2.24) is 16.0 Å². The van der Waals surface area contributed by atoms with Crippen LogP contribution in [0.5, 0.6) is 0 Å². The molecule has 0 aliphatic rings. The van der Waals surface area contributed by atoms with Crippen molar-refractivity contribution in [2.24, 2.45) is 11.7 Å². The first-order valence-corrected chi connectivity index (χ1v) is 8.18.